The highest BCUT2D eigenvalue weighted by Gasteiger charge is 2.31. The van der Waals surface area contributed by atoms with Crippen LogP contribution in [-0.4, -0.2) is 42.2 Å². The van der Waals surface area contributed by atoms with Crippen LogP contribution in [0.4, 0.5) is 0 Å². The van der Waals surface area contributed by atoms with Gasteiger partial charge >= 0.3 is 5.97 Å². The van der Waals surface area contributed by atoms with Crippen LogP contribution in [0.1, 0.15) is 0 Å². The number of carboxylic acid groups (broad SMARTS) is 1. The molecule has 4 nitrogen and oxygen atoms in total. The van der Waals surface area contributed by atoms with Crippen molar-refractivity contribution in [1.82, 2.24) is 4.90 Å². The average molecular weight is 271 g/mol. The first kappa shape index (κ1) is 12.9. The summed E-state index contributed by atoms with van der Waals surface area (Å²) in [5.41, 5.74) is 0. The van der Waals surface area contributed by atoms with Gasteiger partial charge in [0.25, 0.3) is 0 Å². The molecule has 1 N–H and O–H groups in total. The predicted octanol–water partition coefficient (Wildman–Crippen LogP) is 2.23. The van der Waals surface area contributed by atoms with E-state index in [2.05, 4.69) is 23.1 Å². The SMILES string of the molecule is O=C(O)C1CN(CCOc2ccc3ccccc3c2)C1. The third kappa shape index (κ3) is 2.75. The zero-order valence-corrected chi connectivity index (χ0v) is 11.2. The minimum atomic E-state index is -0.698. The van der Waals surface area contributed by atoms with Gasteiger partial charge in [0.2, 0.25) is 0 Å². The van der Waals surface area contributed by atoms with Gasteiger partial charge in [-0.1, -0.05) is 30.3 Å². The molecule has 0 spiro atoms. The van der Waals surface area contributed by atoms with Gasteiger partial charge in [-0.05, 0) is 22.9 Å². The summed E-state index contributed by atoms with van der Waals surface area (Å²) >= 11 is 0. The van der Waals surface area contributed by atoms with E-state index in [1.807, 2.05) is 24.3 Å². The lowest BCUT2D eigenvalue weighted by Gasteiger charge is -2.36. The molecular weight excluding hydrogens is 254 g/mol. The molecule has 1 saturated heterocycles. The molecule has 0 bridgehead atoms. The number of hydrogen-bond donors (Lipinski definition) is 1. The second-order valence-electron chi connectivity index (χ2n) is 5.15. The van der Waals surface area contributed by atoms with Crippen LogP contribution in [0.5, 0.6) is 5.75 Å². The number of fused-ring (bicyclic) bond motifs is 1. The average Bonchev–Trinajstić information content (AvgIpc) is 2.40. The van der Waals surface area contributed by atoms with Crippen LogP contribution in [0, 0.1) is 5.92 Å². The first-order valence-corrected chi connectivity index (χ1v) is 6.79. The second-order valence-corrected chi connectivity index (χ2v) is 5.15. The summed E-state index contributed by atoms with van der Waals surface area (Å²) in [6, 6.07) is 14.2. The standard InChI is InChI=1S/C16H17NO3/c18-16(19)14-10-17(11-14)7-8-20-15-6-5-12-3-1-2-4-13(12)9-15/h1-6,9,14H,7-8,10-11H2,(H,18,19). The van der Waals surface area contributed by atoms with Crippen molar-refractivity contribution >= 4 is 16.7 Å². The van der Waals surface area contributed by atoms with Crippen molar-refractivity contribution < 1.29 is 14.6 Å². The Kier molecular flexibility index (Phi) is 3.56. The lowest BCUT2D eigenvalue weighted by Crippen LogP contribution is -2.51. The molecule has 0 saturated carbocycles. The van der Waals surface area contributed by atoms with Crippen molar-refractivity contribution in [3.63, 3.8) is 0 Å². The molecule has 1 fully saturated rings. The van der Waals surface area contributed by atoms with Crippen molar-refractivity contribution in [2.45, 2.75) is 0 Å². The number of ether oxygens (including phenoxy) is 1. The minimum Gasteiger partial charge on any atom is -0.492 e. The van der Waals surface area contributed by atoms with Gasteiger partial charge in [-0.25, -0.2) is 0 Å². The zero-order chi connectivity index (χ0) is 13.9. The van der Waals surface area contributed by atoms with Crippen LogP contribution in [0.15, 0.2) is 42.5 Å². The van der Waals surface area contributed by atoms with Gasteiger partial charge in [0.05, 0.1) is 5.92 Å². The highest BCUT2D eigenvalue weighted by Crippen LogP contribution is 2.21. The van der Waals surface area contributed by atoms with E-state index in [-0.39, 0.29) is 5.92 Å². The van der Waals surface area contributed by atoms with Gasteiger partial charge in [-0.2, -0.15) is 0 Å². The Bertz CT molecular complexity index is 620. The number of carbonyl (C=O) groups is 1. The summed E-state index contributed by atoms with van der Waals surface area (Å²) in [7, 11) is 0. The van der Waals surface area contributed by atoms with E-state index >= 15 is 0 Å². The van der Waals surface area contributed by atoms with Crippen LogP contribution < -0.4 is 4.74 Å². The highest BCUT2D eigenvalue weighted by atomic mass is 16.5. The van der Waals surface area contributed by atoms with Crippen molar-refractivity contribution in [2.75, 3.05) is 26.2 Å². The molecule has 20 heavy (non-hydrogen) atoms. The fraction of sp³-hybridized carbons (Fsp3) is 0.312. The molecule has 1 aliphatic heterocycles. The molecule has 4 heteroatoms. The normalized spacial score (nSPS) is 16.0. The molecule has 0 radical (unpaired) electrons. The molecule has 0 amide bonds. The molecule has 2 aromatic rings. The van der Waals surface area contributed by atoms with E-state index in [0.717, 1.165) is 12.3 Å². The molecule has 1 heterocycles. The predicted molar refractivity (Wildman–Crippen MR) is 77.0 cm³/mol. The molecular formula is C16H17NO3. The van der Waals surface area contributed by atoms with Gasteiger partial charge in [0, 0.05) is 19.6 Å². The lowest BCUT2D eigenvalue weighted by atomic mass is 10.0. The van der Waals surface area contributed by atoms with Gasteiger partial charge in [0.1, 0.15) is 12.4 Å². The maximum absolute atomic E-state index is 10.7. The Hall–Kier alpha value is -2.07. The fourth-order valence-corrected chi connectivity index (χ4v) is 2.46. The Balaban J connectivity index is 1.49. The largest absolute Gasteiger partial charge is 0.492 e. The Morgan fingerprint density at radius 1 is 1.20 bits per heavy atom. The van der Waals surface area contributed by atoms with E-state index in [4.69, 9.17) is 9.84 Å². The Labute approximate surface area is 117 Å². The maximum Gasteiger partial charge on any atom is 0.309 e. The molecule has 3 rings (SSSR count). The van der Waals surface area contributed by atoms with E-state index < -0.39 is 5.97 Å². The molecule has 0 unspecified atom stereocenters. The number of carboxylic acids is 1. The van der Waals surface area contributed by atoms with E-state index in [1.54, 1.807) is 0 Å². The fourth-order valence-electron chi connectivity index (χ4n) is 2.46. The number of likely N-dealkylation sites (tertiary alicyclic amines) is 1. The summed E-state index contributed by atoms with van der Waals surface area (Å²) in [4.78, 5) is 12.8. The summed E-state index contributed by atoms with van der Waals surface area (Å²) < 4.78 is 5.73. The molecule has 0 atom stereocenters. The van der Waals surface area contributed by atoms with Crippen molar-refractivity contribution in [3.05, 3.63) is 42.5 Å². The van der Waals surface area contributed by atoms with E-state index in [1.165, 1.54) is 10.8 Å². The number of nitrogens with zero attached hydrogens (tertiary/aromatic N) is 1. The zero-order valence-electron chi connectivity index (χ0n) is 11.2. The lowest BCUT2D eigenvalue weighted by molar-refractivity contribution is -0.147. The van der Waals surface area contributed by atoms with Crippen LogP contribution in [-0.2, 0) is 4.79 Å². The maximum atomic E-state index is 10.7. The number of hydrogen-bond acceptors (Lipinski definition) is 3. The number of benzene rings is 2. The smallest absolute Gasteiger partial charge is 0.309 e. The van der Waals surface area contributed by atoms with Crippen LogP contribution in [0.2, 0.25) is 0 Å². The molecule has 1 aliphatic rings. The van der Waals surface area contributed by atoms with Gasteiger partial charge in [0.15, 0.2) is 0 Å². The van der Waals surface area contributed by atoms with Gasteiger partial charge in [-0.3, -0.25) is 9.69 Å². The quantitative estimate of drug-likeness (QED) is 0.906. The minimum absolute atomic E-state index is 0.198. The van der Waals surface area contributed by atoms with Gasteiger partial charge < -0.3 is 9.84 Å². The third-order valence-corrected chi connectivity index (χ3v) is 3.70. The van der Waals surface area contributed by atoms with Crippen LogP contribution in [0.25, 0.3) is 10.8 Å². The number of rotatable bonds is 5. The summed E-state index contributed by atoms with van der Waals surface area (Å²) in [6.45, 7) is 2.63. The topological polar surface area (TPSA) is 49.8 Å². The highest BCUT2D eigenvalue weighted by molar-refractivity contribution is 5.83. The van der Waals surface area contributed by atoms with E-state index in [9.17, 15) is 4.79 Å². The van der Waals surface area contributed by atoms with Crippen molar-refractivity contribution in [1.29, 1.82) is 0 Å². The van der Waals surface area contributed by atoms with Gasteiger partial charge in [-0.15, -0.1) is 0 Å². The van der Waals surface area contributed by atoms with E-state index in [0.29, 0.717) is 19.7 Å². The van der Waals surface area contributed by atoms with Crippen molar-refractivity contribution in [2.24, 2.45) is 5.92 Å². The Morgan fingerprint density at radius 3 is 2.70 bits per heavy atom. The van der Waals surface area contributed by atoms with Crippen molar-refractivity contribution in [3.8, 4) is 5.75 Å². The first-order valence-electron chi connectivity index (χ1n) is 6.79. The molecule has 0 aliphatic carbocycles. The molecule has 0 aromatic heterocycles. The molecule has 104 valence electrons. The third-order valence-electron chi connectivity index (χ3n) is 3.70. The number of aliphatic carboxylic acids is 1. The Morgan fingerprint density at radius 2 is 1.95 bits per heavy atom. The summed E-state index contributed by atoms with van der Waals surface area (Å²) in [5, 5.41) is 11.2. The molecule has 2 aromatic carbocycles. The monoisotopic (exact) mass is 271 g/mol. The first-order chi connectivity index (χ1) is 9.72. The van der Waals surface area contributed by atoms with Crippen LogP contribution >= 0.6 is 0 Å². The summed E-state index contributed by atoms with van der Waals surface area (Å²) in [5.74, 6) is -0.0358. The van der Waals surface area contributed by atoms with Crippen LogP contribution in [0.3, 0.4) is 0 Å². The summed E-state index contributed by atoms with van der Waals surface area (Å²) in [6.07, 6.45) is 0. The second kappa shape index (κ2) is 5.51.